The summed E-state index contributed by atoms with van der Waals surface area (Å²) < 4.78 is 0. The molecule has 15 heteroatoms. The van der Waals surface area contributed by atoms with Crippen LogP contribution in [-0.2, 0) is 40.0 Å². The highest BCUT2D eigenvalue weighted by Gasteiger charge is 2.44. The van der Waals surface area contributed by atoms with Crippen molar-refractivity contribution in [2.75, 3.05) is 26.2 Å². The van der Waals surface area contributed by atoms with Crippen LogP contribution >= 0.6 is 0 Å². The van der Waals surface area contributed by atoms with Crippen molar-refractivity contribution in [3.05, 3.63) is 35.9 Å². The van der Waals surface area contributed by atoms with Crippen LogP contribution in [0.2, 0.25) is 0 Å². The zero-order chi connectivity index (χ0) is 37.2. The monoisotopic (exact) mass is 711 g/mol. The average Bonchev–Trinajstić information content (AvgIpc) is 3.81. The molecule has 6 N–H and O–H groups in total. The van der Waals surface area contributed by atoms with Crippen molar-refractivity contribution in [2.24, 2.45) is 11.8 Å². The minimum absolute atomic E-state index is 0.0341. The highest BCUT2D eigenvalue weighted by atomic mass is 16.3. The molecule has 0 radical (unpaired) electrons. The second-order valence-electron chi connectivity index (χ2n) is 14.2. The van der Waals surface area contributed by atoms with Crippen LogP contribution in [0, 0.1) is 11.8 Å². The topological polar surface area (TPSA) is 206 Å². The molecule has 1 aromatic carbocycles. The van der Waals surface area contributed by atoms with Gasteiger partial charge >= 0.3 is 0 Å². The maximum Gasteiger partial charge on any atom is 0.246 e. The SMILES string of the molecule is CCC(C)C1NC(=O)C2CCCN2C(=O)C2CCCN2C(=O)C(CC(C)C)NC(=O)C(CO)NC(=O)CNC(=O)C(Cc2ccccc2)NC1=O. The quantitative estimate of drug-likeness (QED) is 0.214. The summed E-state index contributed by atoms with van der Waals surface area (Å²) in [4.78, 5) is 98.5. The third-order valence-electron chi connectivity index (χ3n) is 9.95. The van der Waals surface area contributed by atoms with E-state index in [0.29, 0.717) is 38.6 Å². The van der Waals surface area contributed by atoms with Crippen molar-refractivity contribution in [1.29, 1.82) is 0 Å². The molecule has 7 amide bonds. The van der Waals surface area contributed by atoms with Crippen molar-refractivity contribution in [2.45, 2.75) is 109 Å². The van der Waals surface area contributed by atoms with Gasteiger partial charge in [-0.1, -0.05) is 64.4 Å². The molecule has 0 aliphatic carbocycles. The Morgan fingerprint density at radius 1 is 0.725 bits per heavy atom. The Bertz CT molecular complexity index is 1440. The Morgan fingerprint density at radius 2 is 1.35 bits per heavy atom. The number of aliphatic hydroxyl groups excluding tert-OH is 1. The molecule has 3 heterocycles. The van der Waals surface area contributed by atoms with Crippen LogP contribution in [0.25, 0.3) is 0 Å². The van der Waals surface area contributed by atoms with Crippen molar-refractivity contribution < 1.29 is 38.7 Å². The van der Waals surface area contributed by atoms with E-state index in [9.17, 15) is 38.7 Å². The minimum atomic E-state index is -1.43. The van der Waals surface area contributed by atoms with Crippen LogP contribution in [0.5, 0.6) is 0 Å². The third kappa shape index (κ3) is 10.0. The highest BCUT2D eigenvalue weighted by molar-refractivity contribution is 5.98. The summed E-state index contributed by atoms with van der Waals surface area (Å²) in [5.74, 6) is -4.56. The Morgan fingerprint density at radius 3 is 1.98 bits per heavy atom. The fourth-order valence-corrected chi connectivity index (χ4v) is 6.95. The van der Waals surface area contributed by atoms with E-state index in [-0.39, 0.29) is 37.1 Å². The van der Waals surface area contributed by atoms with E-state index in [1.54, 1.807) is 24.3 Å². The molecule has 0 saturated carbocycles. The zero-order valence-electron chi connectivity index (χ0n) is 30.0. The zero-order valence-corrected chi connectivity index (χ0v) is 30.0. The molecule has 0 spiro atoms. The Balaban J connectivity index is 1.69. The lowest BCUT2D eigenvalue weighted by molar-refractivity contribution is -0.148. The van der Waals surface area contributed by atoms with Gasteiger partial charge in [0.05, 0.1) is 13.2 Å². The summed E-state index contributed by atoms with van der Waals surface area (Å²) in [5.41, 5.74) is 0.737. The van der Waals surface area contributed by atoms with E-state index in [1.165, 1.54) is 9.80 Å². The molecule has 1 aromatic rings. The van der Waals surface area contributed by atoms with Gasteiger partial charge in [-0.25, -0.2) is 0 Å². The fraction of sp³-hybridized carbons (Fsp3) is 0.639. The Kier molecular flexibility index (Phi) is 13.9. The Hall–Kier alpha value is -4.53. The lowest BCUT2D eigenvalue weighted by atomic mass is 9.96. The van der Waals surface area contributed by atoms with Crippen molar-refractivity contribution >= 4 is 41.4 Å². The number of benzene rings is 1. The molecule has 280 valence electrons. The van der Waals surface area contributed by atoms with Gasteiger partial charge in [0.2, 0.25) is 41.4 Å². The number of amides is 7. The fourth-order valence-electron chi connectivity index (χ4n) is 6.95. The van der Waals surface area contributed by atoms with Crippen molar-refractivity contribution in [3.63, 3.8) is 0 Å². The predicted molar refractivity (Wildman–Crippen MR) is 186 cm³/mol. The maximum atomic E-state index is 14.1. The first-order valence-corrected chi connectivity index (χ1v) is 18.1. The molecule has 3 saturated heterocycles. The first kappa shape index (κ1) is 39.3. The van der Waals surface area contributed by atoms with Crippen LogP contribution in [0.1, 0.15) is 71.8 Å². The smallest absolute Gasteiger partial charge is 0.246 e. The van der Waals surface area contributed by atoms with Gasteiger partial charge in [0.15, 0.2) is 0 Å². The molecular formula is C36H53N7O8. The summed E-state index contributed by atoms with van der Waals surface area (Å²) in [6, 6.07) is 2.62. The highest BCUT2D eigenvalue weighted by Crippen LogP contribution is 2.27. The number of hydrogen-bond acceptors (Lipinski definition) is 8. The van der Waals surface area contributed by atoms with Crippen LogP contribution in [0.3, 0.4) is 0 Å². The van der Waals surface area contributed by atoms with Crippen LogP contribution in [0.15, 0.2) is 30.3 Å². The molecule has 3 aliphatic rings. The number of rotatable bonds is 7. The Labute approximate surface area is 299 Å². The predicted octanol–water partition coefficient (Wildman–Crippen LogP) is -0.635. The molecule has 3 aliphatic heterocycles. The normalized spacial score (nSPS) is 28.2. The third-order valence-corrected chi connectivity index (χ3v) is 9.95. The number of carbonyl (C=O) groups is 7. The minimum Gasteiger partial charge on any atom is -0.394 e. The number of hydrogen-bond donors (Lipinski definition) is 6. The van der Waals surface area contributed by atoms with Gasteiger partial charge in [0.1, 0.15) is 36.3 Å². The summed E-state index contributed by atoms with van der Waals surface area (Å²) in [6.07, 6.45) is 2.71. The van der Waals surface area contributed by atoms with Gasteiger partial charge in [0.25, 0.3) is 0 Å². The first-order chi connectivity index (χ1) is 24.3. The number of aliphatic hydroxyl groups is 1. The number of carbonyl (C=O) groups excluding carboxylic acids is 7. The second kappa shape index (κ2) is 18.1. The molecule has 3 fully saturated rings. The summed E-state index contributed by atoms with van der Waals surface area (Å²) in [7, 11) is 0. The summed E-state index contributed by atoms with van der Waals surface area (Å²) in [5, 5.41) is 23.3. The van der Waals surface area contributed by atoms with Crippen LogP contribution in [0.4, 0.5) is 0 Å². The van der Waals surface area contributed by atoms with Gasteiger partial charge in [0, 0.05) is 19.5 Å². The van der Waals surface area contributed by atoms with Crippen molar-refractivity contribution in [3.8, 4) is 0 Å². The van der Waals surface area contributed by atoms with Gasteiger partial charge in [-0.3, -0.25) is 33.6 Å². The van der Waals surface area contributed by atoms with Crippen LogP contribution in [-0.4, -0.2) is 119 Å². The van der Waals surface area contributed by atoms with E-state index in [2.05, 4.69) is 26.6 Å². The average molecular weight is 712 g/mol. The van der Waals surface area contributed by atoms with E-state index in [4.69, 9.17) is 0 Å². The number of fused-ring (bicyclic) bond motifs is 2. The van der Waals surface area contributed by atoms with E-state index in [1.807, 2.05) is 33.8 Å². The van der Waals surface area contributed by atoms with E-state index >= 15 is 0 Å². The molecule has 7 unspecified atom stereocenters. The molecule has 15 nitrogen and oxygen atoms in total. The molecule has 4 rings (SSSR count). The molecule has 7 atom stereocenters. The van der Waals surface area contributed by atoms with E-state index in [0.717, 1.165) is 5.56 Å². The second-order valence-corrected chi connectivity index (χ2v) is 14.2. The van der Waals surface area contributed by atoms with E-state index < -0.39 is 84.8 Å². The molecule has 51 heavy (non-hydrogen) atoms. The molecular weight excluding hydrogens is 658 g/mol. The van der Waals surface area contributed by atoms with Crippen molar-refractivity contribution in [1.82, 2.24) is 36.4 Å². The summed E-state index contributed by atoms with van der Waals surface area (Å²) >= 11 is 0. The standard InChI is InChI=1S/C36H53N7O8/c1-5-22(4)30-34(49)39-24(18-23-11-7-6-8-12-23)31(46)37-19-29(45)38-26(20-44)32(47)40-25(17-21(2)3)35(50)43-16-10-14-28(43)36(51)42-15-9-13-27(42)33(48)41-30/h6-8,11-12,21-22,24-28,30,44H,5,9-10,13-20H2,1-4H3,(H,37,46)(H,38,45)(H,39,49)(H,40,47)(H,41,48). The summed E-state index contributed by atoms with van der Waals surface area (Å²) in [6.45, 7) is 6.68. The van der Waals surface area contributed by atoms with Gasteiger partial charge < -0.3 is 41.5 Å². The number of nitrogens with zero attached hydrogens (tertiary/aromatic N) is 2. The molecule has 0 aromatic heterocycles. The lowest BCUT2D eigenvalue weighted by Gasteiger charge is -2.34. The van der Waals surface area contributed by atoms with Gasteiger partial charge in [-0.15, -0.1) is 0 Å². The largest absolute Gasteiger partial charge is 0.394 e. The van der Waals surface area contributed by atoms with Crippen LogP contribution < -0.4 is 26.6 Å². The van der Waals surface area contributed by atoms with Gasteiger partial charge in [-0.05, 0) is 49.5 Å². The first-order valence-electron chi connectivity index (χ1n) is 18.1. The van der Waals surface area contributed by atoms with Gasteiger partial charge in [-0.2, -0.15) is 0 Å². The maximum absolute atomic E-state index is 14.1. The molecule has 0 bridgehead atoms. The number of nitrogens with one attached hydrogen (secondary N) is 5. The lowest BCUT2D eigenvalue weighted by Crippen LogP contribution is -2.60.